The molecule has 5 heterocycles. The molecule has 0 spiro atoms. The number of benzene rings is 3. The zero-order valence-corrected chi connectivity index (χ0v) is 32.3. The Bertz CT molecular complexity index is 2100. The van der Waals surface area contributed by atoms with Gasteiger partial charge in [0.1, 0.15) is 0 Å². The van der Waals surface area contributed by atoms with Crippen LogP contribution in [-0.2, 0) is 17.6 Å². The van der Waals surface area contributed by atoms with Crippen molar-refractivity contribution in [3.05, 3.63) is 127 Å². The van der Waals surface area contributed by atoms with Crippen LogP contribution in [-0.4, -0.2) is 46.5 Å². The largest absolute Gasteiger partial charge is 0.478 e. The van der Waals surface area contributed by atoms with Crippen molar-refractivity contribution in [1.29, 1.82) is 0 Å². The van der Waals surface area contributed by atoms with Gasteiger partial charge in [0.05, 0.1) is 5.56 Å². The molecule has 3 aromatic carbocycles. The minimum Gasteiger partial charge on any atom is -0.478 e. The number of halogens is 1. The van der Waals surface area contributed by atoms with E-state index >= 15 is 0 Å². The molecule has 4 aliphatic heterocycles. The van der Waals surface area contributed by atoms with Crippen LogP contribution in [0, 0.1) is 11.8 Å². The SMILES string of the molecule is CC(=C1C(=O)Nc2ccc(Br)cc21)[C@H]1CN2CCc3ccccc3[C@@H]2C(c2[nH]c(C(C)C)c(C(=O)O)c2C(C)C)[C@@H]1C[C@H]1NCCc2ccccc21. The topological polar surface area (TPSA) is 97.5 Å². The molecular formula is C44H49BrN4O3. The van der Waals surface area contributed by atoms with Crippen molar-refractivity contribution in [2.75, 3.05) is 25.0 Å². The molecule has 7 nitrogen and oxygen atoms in total. The molecule has 270 valence electrons. The number of rotatable bonds is 7. The molecule has 5 atom stereocenters. The molecule has 1 unspecified atom stereocenters. The molecule has 1 saturated heterocycles. The highest BCUT2D eigenvalue weighted by atomic mass is 79.9. The number of nitrogens with zero attached hydrogens (tertiary/aromatic N) is 1. The van der Waals surface area contributed by atoms with Gasteiger partial charge in [-0.3, -0.25) is 9.69 Å². The van der Waals surface area contributed by atoms with E-state index in [2.05, 4.69) is 126 Å². The van der Waals surface area contributed by atoms with Crippen LogP contribution in [0.5, 0.6) is 0 Å². The number of H-pyrrole nitrogens is 1. The molecule has 8 heteroatoms. The van der Waals surface area contributed by atoms with Gasteiger partial charge in [0.15, 0.2) is 0 Å². The van der Waals surface area contributed by atoms with Crippen LogP contribution in [0.25, 0.3) is 5.57 Å². The molecule has 0 bridgehead atoms. The molecule has 0 saturated carbocycles. The smallest absolute Gasteiger partial charge is 0.337 e. The van der Waals surface area contributed by atoms with Gasteiger partial charge in [0.25, 0.3) is 5.91 Å². The summed E-state index contributed by atoms with van der Waals surface area (Å²) in [5, 5.41) is 17.9. The maximum absolute atomic E-state index is 13.9. The Morgan fingerprint density at radius 2 is 1.67 bits per heavy atom. The van der Waals surface area contributed by atoms with Crippen molar-refractivity contribution in [3.63, 3.8) is 0 Å². The number of hydrogen-bond donors (Lipinski definition) is 4. The summed E-state index contributed by atoms with van der Waals surface area (Å²) in [7, 11) is 0. The number of fused-ring (bicyclic) bond motifs is 5. The van der Waals surface area contributed by atoms with Gasteiger partial charge >= 0.3 is 5.97 Å². The third kappa shape index (κ3) is 5.87. The van der Waals surface area contributed by atoms with Gasteiger partial charge in [-0.1, -0.05) is 97.7 Å². The molecule has 4 N–H and O–H groups in total. The van der Waals surface area contributed by atoms with E-state index in [1.54, 1.807) is 0 Å². The number of carboxylic acid groups (broad SMARTS) is 1. The quantitative estimate of drug-likeness (QED) is 0.141. The number of aromatic carboxylic acids is 1. The lowest BCUT2D eigenvalue weighted by atomic mass is 9.62. The van der Waals surface area contributed by atoms with Crippen molar-refractivity contribution in [1.82, 2.24) is 15.2 Å². The summed E-state index contributed by atoms with van der Waals surface area (Å²) in [6, 6.07) is 23.9. The Kier molecular flexibility index (Phi) is 9.29. The van der Waals surface area contributed by atoms with E-state index in [0.29, 0.717) is 5.56 Å². The number of piperidine rings is 1. The summed E-state index contributed by atoms with van der Waals surface area (Å²) in [6.07, 6.45) is 2.81. The first-order chi connectivity index (χ1) is 25.0. The van der Waals surface area contributed by atoms with E-state index in [4.69, 9.17) is 0 Å². The van der Waals surface area contributed by atoms with E-state index in [1.165, 1.54) is 22.3 Å². The number of nitrogens with one attached hydrogen (secondary N) is 3. The van der Waals surface area contributed by atoms with Crippen LogP contribution in [0.2, 0.25) is 0 Å². The monoisotopic (exact) mass is 760 g/mol. The summed E-state index contributed by atoms with van der Waals surface area (Å²) in [6.45, 7) is 13.3. The zero-order valence-electron chi connectivity index (χ0n) is 30.7. The van der Waals surface area contributed by atoms with Gasteiger partial charge in [-0.2, -0.15) is 0 Å². The number of carbonyl (C=O) groups excluding carboxylic acids is 1. The molecule has 8 rings (SSSR count). The maximum atomic E-state index is 13.9. The minimum absolute atomic E-state index is 0.00372. The van der Waals surface area contributed by atoms with Crippen molar-refractivity contribution < 1.29 is 14.7 Å². The van der Waals surface area contributed by atoms with Crippen LogP contribution in [0.1, 0.15) is 126 Å². The molecule has 1 fully saturated rings. The first-order valence-electron chi connectivity index (χ1n) is 19.0. The summed E-state index contributed by atoms with van der Waals surface area (Å²) in [4.78, 5) is 33.7. The predicted octanol–water partition coefficient (Wildman–Crippen LogP) is 9.35. The van der Waals surface area contributed by atoms with Crippen LogP contribution < -0.4 is 10.6 Å². The third-order valence-electron chi connectivity index (χ3n) is 12.4. The van der Waals surface area contributed by atoms with E-state index in [9.17, 15) is 14.7 Å². The van der Waals surface area contributed by atoms with Crippen molar-refractivity contribution in [2.45, 2.75) is 83.7 Å². The van der Waals surface area contributed by atoms with Crippen molar-refractivity contribution in [2.24, 2.45) is 11.8 Å². The molecular weight excluding hydrogens is 712 g/mol. The van der Waals surface area contributed by atoms with Gasteiger partial charge in [-0.05, 0) is 102 Å². The average molecular weight is 762 g/mol. The van der Waals surface area contributed by atoms with E-state index in [0.717, 1.165) is 82.7 Å². The van der Waals surface area contributed by atoms with Crippen molar-refractivity contribution in [3.8, 4) is 0 Å². The molecule has 1 amide bonds. The first kappa shape index (κ1) is 35.1. The number of carboxylic acids is 1. The second kappa shape index (κ2) is 13.8. The Morgan fingerprint density at radius 1 is 0.962 bits per heavy atom. The summed E-state index contributed by atoms with van der Waals surface area (Å²) >= 11 is 3.68. The normalized spacial score (nSPS) is 25.0. The van der Waals surface area contributed by atoms with Crippen LogP contribution >= 0.6 is 15.9 Å². The minimum atomic E-state index is -0.870. The highest BCUT2D eigenvalue weighted by Gasteiger charge is 2.51. The lowest BCUT2D eigenvalue weighted by Gasteiger charge is -2.53. The molecule has 0 radical (unpaired) electrons. The number of hydrogen-bond acceptors (Lipinski definition) is 4. The van der Waals surface area contributed by atoms with E-state index < -0.39 is 5.97 Å². The van der Waals surface area contributed by atoms with Crippen molar-refractivity contribution >= 4 is 39.1 Å². The maximum Gasteiger partial charge on any atom is 0.337 e. The fourth-order valence-corrected chi connectivity index (χ4v) is 10.5. The number of aromatic nitrogens is 1. The summed E-state index contributed by atoms with van der Waals surface area (Å²) < 4.78 is 0.942. The molecule has 4 aliphatic rings. The van der Waals surface area contributed by atoms with Gasteiger partial charge in [-0.25, -0.2) is 4.79 Å². The van der Waals surface area contributed by atoms with Gasteiger partial charge in [0.2, 0.25) is 0 Å². The number of carbonyl (C=O) groups is 2. The predicted molar refractivity (Wildman–Crippen MR) is 211 cm³/mol. The molecule has 4 aromatic rings. The molecule has 0 aliphatic carbocycles. The number of amides is 1. The summed E-state index contributed by atoms with van der Waals surface area (Å²) in [5.74, 6) is -0.857. The van der Waals surface area contributed by atoms with Crippen LogP contribution in [0.3, 0.4) is 0 Å². The fraction of sp³-hybridized carbons (Fsp3) is 0.409. The Hall–Kier alpha value is -3.98. The third-order valence-corrected chi connectivity index (χ3v) is 12.9. The number of anilines is 1. The lowest BCUT2D eigenvalue weighted by Crippen LogP contribution is -2.51. The van der Waals surface area contributed by atoms with Gasteiger partial charge in [-0.15, -0.1) is 0 Å². The van der Waals surface area contributed by atoms with Gasteiger partial charge < -0.3 is 20.7 Å². The second-order valence-corrected chi connectivity index (χ2v) is 16.8. The highest BCUT2D eigenvalue weighted by Crippen LogP contribution is 2.57. The van der Waals surface area contributed by atoms with Crippen LogP contribution in [0.15, 0.2) is 76.8 Å². The number of aromatic amines is 1. The van der Waals surface area contributed by atoms with Crippen LogP contribution in [0.4, 0.5) is 5.69 Å². The van der Waals surface area contributed by atoms with E-state index in [1.807, 2.05) is 12.1 Å². The summed E-state index contributed by atoms with van der Waals surface area (Å²) in [5.41, 5.74) is 12.3. The zero-order chi connectivity index (χ0) is 36.4. The highest BCUT2D eigenvalue weighted by molar-refractivity contribution is 9.10. The first-order valence-corrected chi connectivity index (χ1v) is 19.8. The lowest BCUT2D eigenvalue weighted by molar-refractivity contribution is -0.110. The van der Waals surface area contributed by atoms with E-state index in [-0.39, 0.29) is 47.6 Å². The molecule has 1 aromatic heterocycles. The standard InChI is InChI=1S/C44H49BrN4O3/c1-23(2)36-39(44(51)52)40(24(3)4)48-41(36)38-31(21-35-29-12-8-6-10-26(29)16-18-46-35)33(22-49-19-17-27-11-7-9-13-30(27)42(38)49)25(5)37-32-20-28(45)14-15-34(32)47-43(37)50/h6-15,20,23-24,31,33,35,38,42,46,48H,16-19,21-22H2,1-5H3,(H,47,50)(H,51,52)/t31-,33-,35-,38?,42-/m1/s1. The molecule has 52 heavy (non-hydrogen) atoms. The fourth-order valence-electron chi connectivity index (χ4n) is 10.2. The average Bonchev–Trinajstić information content (AvgIpc) is 3.69. The Balaban J connectivity index is 1.40. The second-order valence-electron chi connectivity index (χ2n) is 15.9. The van der Waals surface area contributed by atoms with Gasteiger partial charge in [0, 0.05) is 63.8 Å². The Labute approximate surface area is 315 Å². The Morgan fingerprint density at radius 3 is 2.38 bits per heavy atom.